The van der Waals surface area contributed by atoms with Gasteiger partial charge >= 0.3 is 0 Å². The lowest BCUT2D eigenvalue weighted by atomic mass is 9.77. The summed E-state index contributed by atoms with van der Waals surface area (Å²) in [5.74, 6) is 2.73. The van der Waals surface area contributed by atoms with Crippen LogP contribution in [-0.4, -0.2) is 12.6 Å². The third-order valence-corrected chi connectivity index (χ3v) is 5.57. The Hall–Kier alpha value is -0.820. The van der Waals surface area contributed by atoms with E-state index < -0.39 is 0 Å². The molecular formula is C20H31N. The van der Waals surface area contributed by atoms with Crippen molar-refractivity contribution in [3.63, 3.8) is 0 Å². The maximum Gasteiger partial charge on any atom is 0.00136 e. The molecule has 0 aromatic heterocycles. The van der Waals surface area contributed by atoms with Gasteiger partial charge in [-0.1, -0.05) is 52.0 Å². The largest absolute Gasteiger partial charge is 0.314 e. The standard InChI is InChI=1S/C20H31N/c1-14(2)17-7-5-16(6-8-17)10-20(13-21-15(3)4)11-18-9-19(18)12-20/h5-8,14-15,18-19,21H,9-13H2,1-4H3. The van der Waals surface area contributed by atoms with Gasteiger partial charge in [0.1, 0.15) is 0 Å². The average molecular weight is 285 g/mol. The number of hydrogen-bond donors (Lipinski definition) is 1. The van der Waals surface area contributed by atoms with E-state index >= 15 is 0 Å². The van der Waals surface area contributed by atoms with Crippen molar-refractivity contribution in [1.82, 2.24) is 5.32 Å². The zero-order valence-corrected chi connectivity index (χ0v) is 14.2. The van der Waals surface area contributed by atoms with E-state index in [4.69, 9.17) is 0 Å². The number of fused-ring (bicyclic) bond motifs is 1. The number of nitrogens with one attached hydrogen (secondary N) is 1. The van der Waals surface area contributed by atoms with E-state index in [1.54, 1.807) is 0 Å². The Labute approximate surface area is 130 Å². The van der Waals surface area contributed by atoms with Crippen molar-refractivity contribution in [2.24, 2.45) is 17.3 Å². The molecule has 1 aromatic rings. The van der Waals surface area contributed by atoms with E-state index in [1.165, 1.54) is 43.4 Å². The quantitative estimate of drug-likeness (QED) is 0.794. The maximum absolute atomic E-state index is 3.72. The van der Waals surface area contributed by atoms with Crippen LogP contribution in [0.2, 0.25) is 0 Å². The van der Waals surface area contributed by atoms with Crippen LogP contribution in [0.5, 0.6) is 0 Å². The molecule has 2 aliphatic carbocycles. The van der Waals surface area contributed by atoms with Crippen LogP contribution in [0.1, 0.15) is 64.0 Å². The zero-order chi connectivity index (χ0) is 15.0. The Kier molecular flexibility index (Phi) is 4.14. The topological polar surface area (TPSA) is 12.0 Å². The molecule has 2 saturated carbocycles. The number of rotatable bonds is 6. The minimum absolute atomic E-state index is 0.525. The first kappa shape index (κ1) is 15.1. The Morgan fingerprint density at radius 2 is 1.67 bits per heavy atom. The molecule has 2 unspecified atom stereocenters. The lowest BCUT2D eigenvalue weighted by Gasteiger charge is -2.32. The minimum atomic E-state index is 0.525. The highest BCUT2D eigenvalue weighted by Crippen LogP contribution is 2.60. The highest BCUT2D eigenvalue weighted by Gasteiger charge is 2.53. The van der Waals surface area contributed by atoms with E-state index in [0.29, 0.717) is 17.4 Å². The molecule has 0 heterocycles. The third kappa shape index (κ3) is 3.51. The van der Waals surface area contributed by atoms with Crippen LogP contribution in [-0.2, 0) is 6.42 Å². The summed E-state index contributed by atoms with van der Waals surface area (Å²) in [5.41, 5.74) is 3.52. The molecule has 3 rings (SSSR count). The van der Waals surface area contributed by atoms with Crippen LogP contribution in [0.25, 0.3) is 0 Å². The van der Waals surface area contributed by atoms with E-state index in [-0.39, 0.29) is 0 Å². The second-order valence-corrected chi connectivity index (χ2v) is 8.27. The van der Waals surface area contributed by atoms with E-state index in [9.17, 15) is 0 Å². The van der Waals surface area contributed by atoms with Crippen LogP contribution in [0, 0.1) is 17.3 Å². The Morgan fingerprint density at radius 1 is 1.05 bits per heavy atom. The second kappa shape index (κ2) is 5.76. The molecular weight excluding hydrogens is 254 g/mol. The summed E-state index contributed by atoms with van der Waals surface area (Å²) >= 11 is 0. The molecule has 2 atom stereocenters. The van der Waals surface area contributed by atoms with Crippen molar-refractivity contribution in [2.45, 2.75) is 65.3 Å². The van der Waals surface area contributed by atoms with Crippen molar-refractivity contribution in [2.75, 3.05) is 6.54 Å². The summed E-state index contributed by atoms with van der Waals surface area (Å²) in [4.78, 5) is 0. The van der Waals surface area contributed by atoms with Gasteiger partial charge in [-0.05, 0) is 60.0 Å². The molecule has 0 radical (unpaired) electrons. The van der Waals surface area contributed by atoms with Crippen molar-refractivity contribution >= 4 is 0 Å². The molecule has 0 saturated heterocycles. The van der Waals surface area contributed by atoms with E-state index in [1.807, 2.05) is 0 Å². The summed E-state index contributed by atoms with van der Waals surface area (Å²) in [7, 11) is 0. The first-order valence-corrected chi connectivity index (χ1v) is 8.80. The zero-order valence-electron chi connectivity index (χ0n) is 14.2. The van der Waals surface area contributed by atoms with Gasteiger partial charge in [0.15, 0.2) is 0 Å². The van der Waals surface area contributed by atoms with Crippen molar-refractivity contribution in [3.8, 4) is 0 Å². The smallest absolute Gasteiger partial charge is 0.00136 e. The molecule has 1 aromatic carbocycles. The normalized spacial score (nSPS) is 31.0. The Balaban J connectivity index is 1.69. The van der Waals surface area contributed by atoms with Gasteiger partial charge in [-0.3, -0.25) is 0 Å². The van der Waals surface area contributed by atoms with Crippen LogP contribution in [0.4, 0.5) is 0 Å². The fourth-order valence-corrected chi connectivity index (χ4v) is 4.23. The van der Waals surface area contributed by atoms with Gasteiger partial charge < -0.3 is 5.32 Å². The van der Waals surface area contributed by atoms with Crippen LogP contribution < -0.4 is 5.32 Å². The molecule has 1 heteroatoms. The molecule has 2 aliphatic rings. The van der Waals surface area contributed by atoms with Crippen molar-refractivity contribution in [3.05, 3.63) is 35.4 Å². The van der Waals surface area contributed by atoms with Gasteiger partial charge in [-0.25, -0.2) is 0 Å². The van der Waals surface area contributed by atoms with Gasteiger partial charge in [0.25, 0.3) is 0 Å². The first-order valence-electron chi connectivity index (χ1n) is 8.80. The predicted molar refractivity (Wildman–Crippen MR) is 90.6 cm³/mol. The predicted octanol–water partition coefficient (Wildman–Crippen LogP) is 4.77. The van der Waals surface area contributed by atoms with Crippen molar-refractivity contribution in [1.29, 1.82) is 0 Å². The highest BCUT2D eigenvalue weighted by molar-refractivity contribution is 5.26. The van der Waals surface area contributed by atoms with Gasteiger partial charge in [0, 0.05) is 12.6 Å². The molecule has 0 aliphatic heterocycles. The fraction of sp³-hybridized carbons (Fsp3) is 0.700. The van der Waals surface area contributed by atoms with Gasteiger partial charge in [-0.15, -0.1) is 0 Å². The summed E-state index contributed by atoms with van der Waals surface area (Å²) in [6.07, 6.45) is 5.67. The van der Waals surface area contributed by atoms with Gasteiger partial charge in [0.2, 0.25) is 0 Å². The Bertz CT molecular complexity index is 461. The lowest BCUT2D eigenvalue weighted by Crippen LogP contribution is -2.38. The molecule has 116 valence electrons. The minimum Gasteiger partial charge on any atom is -0.314 e. The third-order valence-electron chi connectivity index (χ3n) is 5.57. The van der Waals surface area contributed by atoms with Crippen LogP contribution >= 0.6 is 0 Å². The molecule has 0 amide bonds. The monoisotopic (exact) mass is 285 g/mol. The number of hydrogen-bond acceptors (Lipinski definition) is 1. The summed E-state index contributed by atoms with van der Waals surface area (Å²) in [6, 6.07) is 10.0. The lowest BCUT2D eigenvalue weighted by molar-refractivity contribution is 0.241. The molecule has 0 spiro atoms. The highest BCUT2D eigenvalue weighted by atomic mass is 14.9. The van der Waals surface area contributed by atoms with Crippen molar-refractivity contribution < 1.29 is 0 Å². The Morgan fingerprint density at radius 3 is 2.19 bits per heavy atom. The SMILES string of the molecule is CC(C)NCC1(Cc2ccc(C(C)C)cc2)CC2CC2C1. The van der Waals surface area contributed by atoms with Crippen LogP contribution in [0.3, 0.4) is 0 Å². The fourth-order valence-electron chi connectivity index (χ4n) is 4.23. The van der Waals surface area contributed by atoms with Gasteiger partial charge in [-0.2, -0.15) is 0 Å². The summed E-state index contributed by atoms with van der Waals surface area (Å²) < 4.78 is 0. The van der Waals surface area contributed by atoms with Crippen LogP contribution in [0.15, 0.2) is 24.3 Å². The van der Waals surface area contributed by atoms with Gasteiger partial charge in [0.05, 0.1) is 0 Å². The molecule has 1 nitrogen and oxygen atoms in total. The number of benzene rings is 1. The van der Waals surface area contributed by atoms with E-state index in [2.05, 4.69) is 57.3 Å². The molecule has 0 bridgehead atoms. The average Bonchev–Trinajstić information content (AvgIpc) is 3.05. The molecule has 21 heavy (non-hydrogen) atoms. The second-order valence-electron chi connectivity index (χ2n) is 8.27. The molecule has 2 fully saturated rings. The maximum atomic E-state index is 3.72. The first-order chi connectivity index (χ1) is 9.97. The molecule has 1 N–H and O–H groups in total. The van der Waals surface area contributed by atoms with E-state index in [0.717, 1.165) is 11.8 Å². The summed E-state index contributed by atoms with van der Waals surface area (Å²) in [5, 5.41) is 3.72. The summed E-state index contributed by atoms with van der Waals surface area (Å²) in [6.45, 7) is 10.3.